The van der Waals surface area contributed by atoms with Crippen LogP contribution >= 0.6 is 23.2 Å². The Hall–Kier alpha value is -2.31. The quantitative estimate of drug-likeness (QED) is 0.770. The normalized spacial score (nSPS) is 10.8. The van der Waals surface area contributed by atoms with Gasteiger partial charge in [0, 0.05) is 13.2 Å². The molecule has 8 heteroatoms. The maximum absolute atomic E-state index is 12.3. The van der Waals surface area contributed by atoms with E-state index in [9.17, 15) is 4.79 Å². The summed E-state index contributed by atoms with van der Waals surface area (Å²) in [5.74, 6) is -0.174. The molecule has 124 valence electrons. The Morgan fingerprint density at radius 2 is 1.92 bits per heavy atom. The topological polar surface area (TPSA) is 64.7 Å². The molecule has 0 aliphatic rings. The third-order valence-corrected chi connectivity index (χ3v) is 4.34. The molecule has 0 aliphatic carbocycles. The molecular weight excluding hydrogens is 349 g/mol. The Labute approximate surface area is 149 Å². The van der Waals surface area contributed by atoms with Crippen molar-refractivity contribution < 1.29 is 4.79 Å². The summed E-state index contributed by atoms with van der Waals surface area (Å²) < 4.78 is 3.21. The molecule has 0 aliphatic heterocycles. The first-order chi connectivity index (χ1) is 11.5. The van der Waals surface area contributed by atoms with E-state index in [-0.39, 0.29) is 11.5 Å². The predicted molar refractivity (Wildman–Crippen MR) is 93.7 cm³/mol. The monoisotopic (exact) mass is 363 g/mol. The highest BCUT2D eigenvalue weighted by Crippen LogP contribution is 2.23. The molecule has 0 saturated carbocycles. The van der Waals surface area contributed by atoms with Crippen LogP contribution in [-0.4, -0.2) is 25.5 Å². The summed E-state index contributed by atoms with van der Waals surface area (Å²) in [6, 6.07) is 9.83. The standard InChI is InChI=1S/C16H15Cl2N5O/c1-10-13(18)14(20-22(10)2)16(24)19-15-12(17)9-23(21-15)8-11-6-4-3-5-7-11/h3-7,9H,8H2,1-2H3,(H,19,21,24). The van der Waals surface area contributed by atoms with Crippen molar-refractivity contribution in [2.24, 2.45) is 7.05 Å². The number of aryl methyl sites for hydroxylation is 1. The van der Waals surface area contributed by atoms with Crippen LogP contribution in [0.3, 0.4) is 0 Å². The highest BCUT2D eigenvalue weighted by atomic mass is 35.5. The third-order valence-electron chi connectivity index (χ3n) is 3.61. The van der Waals surface area contributed by atoms with E-state index in [4.69, 9.17) is 23.2 Å². The minimum absolute atomic E-state index is 0.144. The minimum atomic E-state index is -0.449. The van der Waals surface area contributed by atoms with Crippen molar-refractivity contribution in [2.75, 3.05) is 5.32 Å². The fraction of sp³-hybridized carbons (Fsp3) is 0.188. The molecule has 1 N–H and O–H groups in total. The van der Waals surface area contributed by atoms with Crippen LogP contribution in [0.1, 0.15) is 21.7 Å². The molecule has 0 saturated heterocycles. The van der Waals surface area contributed by atoms with Gasteiger partial charge in [0.15, 0.2) is 11.5 Å². The number of carbonyl (C=O) groups is 1. The zero-order valence-corrected chi connectivity index (χ0v) is 14.6. The number of hydrogen-bond acceptors (Lipinski definition) is 3. The van der Waals surface area contributed by atoms with Gasteiger partial charge in [-0.2, -0.15) is 10.2 Å². The average molecular weight is 364 g/mol. The van der Waals surface area contributed by atoms with Crippen LogP contribution in [0.15, 0.2) is 36.5 Å². The number of aromatic nitrogens is 4. The molecule has 0 unspecified atom stereocenters. The number of carbonyl (C=O) groups excluding carboxylic acids is 1. The molecule has 0 radical (unpaired) electrons. The van der Waals surface area contributed by atoms with E-state index in [0.717, 1.165) is 5.56 Å². The summed E-state index contributed by atoms with van der Waals surface area (Å²) in [7, 11) is 1.72. The first-order valence-corrected chi connectivity index (χ1v) is 7.98. The van der Waals surface area contributed by atoms with Gasteiger partial charge < -0.3 is 5.32 Å². The van der Waals surface area contributed by atoms with E-state index in [1.54, 1.807) is 29.5 Å². The van der Waals surface area contributed by atoms with E-state index in [1.165, 1.54) is 0 Å². The SMILES string of the molecule is Cc1c(Cl)c(C(=O)Nc2nn(Cc3ccccc3)cc2Cl)nn1C. The molecule has 2 heterocycles. The van der Waals surface area contributed by atoms with Crippen LogP contribution in [0.4, 0.5) is 5.82 Å². The number of rotatable bonds is 4. The van der Waals surface area contributed by atoms with Crippen LogP contribution in [-0.2, 0) is 13.6 Å². The molecule has 0 bridgehead atoms. The lowest BCUT2D eigenvalue weighted by atomic mass is 10.2. The van der Waals surface area contributed by atoms with E-state index < -0.39 is 5.91 Å². The molecule has 3 rings (SSSR count). The largest absolute Gasteiger partial charge is 0.302 e. The summed E-state index contributed by atoms with van der Waals surface area (Å²) in [6.45, 7) is 2.34. The Kier molecular flexibility index (Phi) is 4.59. The number of hydrogen-bond donors (Lipinski definition) is 1. The lowest BCUT2D eigenvalue weighted by Crippen LogP contribution is -2.14. The van der Waals surface area contributed by atoms with Gasteiger partial charge in [0.05, 0.1) is 17.3 Å². The van der Waals surface area contributed by atoms with Gasteiger partial charge in [-0.05, 0) is 12.5 Å². The van der Waals surface area contributed by atoms with E-state index in [2.05, 4.69) is 15.5 Å². The second-order valence-electron chi connectivity index (χ2n) is 5.33. The molecule has 0 atom stereocenters. The van der Waals surface area contributed by atoms with E-state index >= 15 is 0 Å². The Morgan fingerprint density at radius 3 is 2.54 bits per heavy atom. The first kappa shape index (κ1) is 16.5. The number of benzene rings is 1. The van der Waals surface area contributed by atoms with Crippen molar-refractivity contribution in [1.82, 2.24) is 19.6 Å². The fourth-order valence-corrected chi connectivity index (χ4v) is 2.67. The summed E-state index contributed by atoms with van der Waals surface area (Å²) in [4.78, 5) is 12.3. The smallest absolute Gasteiger partial charge is 0.278 e. The fourth-order valence-electron chi connectivity index (χ4n) is 2.23. The van der Waals surface area contributed by atoms with Gasteiger partial charge >= 0.3 is 0 Å². The van der Waals surface area contributed by atoms with Crippen molar-refractivity contribution in [3.8, 4) is 0 Å². The van der Waals surface area contributed by atoms with Crippen LogP contribution in [0.5, 0.6) is 0 Å². The van der Waals surface area contributed by atoms with Crippen LogP contribution in [0.2, 0.25) is 10.0 Å². The molecular formula is C16H15Cl2N5O. The lowest BCUT2D eigenvalue weighted by molar-refractivity contribution is 0.102. The summed E-state index contributed by atoms with van der Waals surface area (Å²) in [6.07, 6.45) is 1.66. The van der Waals surface area contributed by atoms with Crippen molar-refractivity contribution in [3.05, 3.63) is 63.5 Å². The van der Waals surface area contributed by atoms with Gasteiger partial charge in [0.2, 0.25) is 0 Å². The lowest BCUT2D eigenvalue weighted by Gasteiger charge is -2.02. The van der Waals surface area contributed by atoms with Gasteiger partial charge in [0.25, 0.3) is 5.91 Å². The third kappa shape index (κ3) is 3.29. The number of nitrogens with zero attached hydrogens (tertiary/aromatic N) is 4. The molecule has 2 aromatic heterocycles. The van der Waals surface area contributed by atoms with Crippen molar-refractivity contribution in [2.45, 2.75) is 13.5 Å². The van der Waals surface area contributed by atoms with Gasteiger partial charge in [0.1, 0.15) is 5.02 Å². The highest BCUT2D eigenvalue weighted by Gasteiger charge is 2.20. The number of nitrogens with one attached hydrogen (secondary N) is 1. The molecule has 1 aromatic carbocycles. The molecule has 24 heavy (non-hydrogen) atoms. The van der Waals surface area contributed by atoms with Gasteiger partial charge in [-0.1, -0.05) is 53.5 Å². The van der Waals surface area contributed by atoms with E-state index in [0.29, 0.717) is 22.3 Å². The second kappa shape index (κ2) is 6.67. The van der Waals surface area contributed by atoms with Crippen molar-refractivity contribution in [3.63, 3.8) is 0 Å². The number of anilines is 1. The molecule has 0 fully saturated rings. The van der Waals surface area contributed by atoms with Gasteiger partial charge in [-0.25, -0.2) is 0 Å². The summed E-state index contributed by atoms with van der Waals surface area (Å²) in [5.41, 5.74) is 1.94. The Bertz CT molecular complexity index is 886. The predicted octanol–water partition coefficient (Wildman–Crippen LogP) is 3.53. The zero-order valence-electron chi connectivity index (χ0n) is 13.1. The number of amides is 1. The average Bonchev–Trinajstić information content (AvgIpc) is 3.02. The van der Waals surface area contributed by atoms with E-state index in [1.807, 2.05) is 30.3 Å². The van der Waals surface area contributed by atoms with Crippen LogP contribution in [0, 0.1) is 6.92 Å². The van der Waals surface area contributed by atoms with Crippen LogP contribution in [0.25, 0.3) is 0 Å². The Balaban J connectivity index is 1.78. The number of halogens is 2. The van der Waals surface area contributed by atoms with Crippen LogP contribution < -0.4 is 5.32 Å². The highest BCUT2D eigenvalue weighted by molar-refractivity contribution is 6.35. The Morgan fingerprint density at radius 1 is 1.21 bits per heavy atom. The van der Waals surface area contributed by atoms with Gasteiger partial charge in [-0.15, -0.1) is 0 Å². The second-order valence-corrected chi connectivity index (χ2v) is 6.12. The molecule has 3 aromatic rings. The zero-order chi connectivity index (χ0) is 17.3. The maximum Gasteiger partial charge on any atom is 0.278 e. The maximum atomic E-state index is 12.3. The molecule has 0 spiro atoms. The first-order valence-electron chi connectivity index (χ1n) is 7.23. The molecule has 6 nitrogen and oxygen atoms in total. The summed E-state index contributed by atoms with van der Waals surface area (Å²) in [5, 5.41) is 11.7. The van der Waals surface area contributed by atoms with Crippen molar-refractivity contribution >= 4 is 34.9 Å². The minimum Gasteiger partial charge on any atom is -0.302 e. The van der Waals surface area contributed by atoms with Gasteiger partial charge in [-0.3, -0.25) is 14.2 Å². The summed E-state index contributed by atoms with van der Waals surface area (Å²) >= 11 is 12.3. The molecule has 1 amide bonds. The van der Waals surface area contributed by atoms with Crippen molar-refractivity contribution in [1.29, 1.82) is 0 Å².